The molecular formula is C35H38N4O2. The highest BCUT2D eigenvalue weighted by molar-refractivity contribution is 5.84. The average Bonchev–Trinajstić information content (AvgIpc) is 3.22. The van der Waals surface area contributed by atoms with Crippen molar-refractivity contribution in [2.75, 3.05) is 6.61 Å². The number of ether oxygens (including phenoxy) is 1. The number of benzene rings is 3. The molecule has 5 aromatic rings. The van der Waals surface area contributed by atoms with Gasteiger partial charge in [-0.25, -0.2) is 4.98 Å². The summed E-state index contributed by atoms with van der Waals surface area (Å²) in [6.07, 6.45) is 1.78. The Morgan fingerprint density at radius 3 is 2.44 bits per heavy atom. The summed E-state index contributed by atoms with van der Waals surface area (Å²) in [5.74, 6) is 1.60. The summed E-state index contributed by atoms with van der Waals surface area (Å²) in [5, 5.41) is 5.33. The second kappa shape index (κ2) is 11.2. The maximum absolute atomic E-state index is 13.9. The van der Waals surface area contributed by atoms with E-state index in [1.165, 1.54) is 15.8 Å². The van der Waals surface area contributed by atoms with Crippen LogP contribution in [0, 0.1) is 34.6 Å². The minimum atomic E-state index is -0.204. The molecule has 0 fully saturated rings. The van der Waals surface area contributed by atoms with E-state index in [0.29, 0.717) is 23.3 Å². The molecule has 0 N–H and O–H groups in total. The normalized spacial score (nSPS) is 11.7. The largest absolute Gasteiger partial charge is 0.494 e. The van der Waals surface area contributed by atoms with Gasteiger partial charge < -0.3 is 9.30 Å². The summed E-state index contributed by atoms with van der Waals surface area (Å²) < 4.78 is 9.65. The fraction of sp³-hybridized carbons (Fsp3) is 0.286. The van der Waals surface area contributed by atoms with Gasteiger partial charge in [-0.3, -0.25) is 4.79 Å². The van der Waals surface area contributed by atoms with Crippen molar-refractivity contribution in [1.82, 2.24) is 14.2 Å². The molecule has 0 aliphatic carbocycles. The van der Waals surface area contributed by atoms with Crippen molar-refractivity contribution in [2.45, 2.75) is 61.3 Å². The van der Waals surface area contributed by atoms with E-state index < -0.39 is 0 Å². The molecule has 2 heterocycles. The molecule has 0 saturated carbocycles. The van der Waals surface area contributed by atoms with Gasteiger partial charge in [0.2, 0.25) is 0 Å². The predicted octanol–water partition coefficient (Wildman–Crippen LogP) is 7.80. The lowest BCUT2D eigenvalue weighted by Gasteiger charge is -2.18. The van der Waals surface area contributed by atoms with Crippen LogP contribution in [-0.2, 0) is 0 Å². The van der Waals surface area contributed by atoms with Gasteiger partial charge in [-0.1, -0.05) is 38.1 Å². The summed E-state index contributed by atoms with van der Waals surface area (Å²) in [5.41, 5.74) is 10.1. The molecular weight excluding hydrogens is 508 g/mol. The fourth-order valence-corrected chi connectivity index (χ4v) is 5.46. The van der Waals surface area contributed by atoms with Gasteiger partial charge in [0.05, 0.1) is 23.7 Å². The van der Waals surface area contributed by atoms with Crippen LogP contribution in [0.2, 0.25) is 0 Å². The number of aromatic nitrogens is 3. The quantitative estimate of drug-likeness (QED) is 0.196. The second-order valence-electron chi connectivity index (χ2n) is 11.0. The molecule has 6 nitrogen and oxygen atoms in total. The number of fused-ring (bicyclic) bond motifs is 1. The van der Waals surface area contributed by atoms with E-state index in [-0.39, 0.29) is 11.5 Å². The molecule has 0 amide bonds. The van der Waals surface area contributed by atoms with Gasteiger partial charge in [-0.05, 0) is 106 Å². The summed E-state index contributed by atoms with van der Waals surface area (Å²) >= 11 is 0. The zero-order valence-corrected chi connectivity index (χ0v) is 25.2. The lowest BCUT2D eigenvalue weighted by atomic mass is 9.96. The molecule has 3 aromatic carbocycles. The van der Waals surface area contributed by atoms with Crippen molar-refractivity contribution in [3.05, 3.63) is 110 Å². The molecule has 6 heteroatoms. The Morgan fingerprint density at radius 2 is 1.71 bits per heavy atom. The third-order valence-electron chi connectivity index (χ3n) is 7.87. The van der Waals surface area contributed by atoms with Gasteiger partial charge >= 0.3 is 0 Å². The zero-order valence-electron chi connectivity index (χ0n) is 25.2. The smallest absolute Gasteiger partial charge is 0.282 e. The molecule has 0 radical (unpaired) electrons. The Bertz CT molecular complexity index is 1860. The topological polar surface area (TPSA) is 61.4 Å². The van der Waals surface area contributed by atoms with E-state index in [1.807, 2.05) is 38.1 Å². The minimum Gasteiger partial charge on any atom is -0.494 e. The van der Waals surface area contributed by atoms with E-state index in [0.717, 1.165) is 45.1 Å². The first-order valence-electron chi connectivity index (χ1n) is 14.2. The van der Waals surface area contributed by atoms with E-state index in [4.69, 9.17) is 14.8 Å². The fourth-order valence-electron chi connectivity index (χ4n) is 5.46. The molecule has 0 aliphatic heterocycles. The van der Waals surface area contributed by atoms with Crippen LogP contribution in [0.4, 0.5) is 0 Å². The highest BCUT2D eigenvalue weighted by Gasteiger charge is 2.19. The Hall–Kier alpha value is -4.45. The summed E-state index contributed by atoms with van der Waals surface area (Å²) in [6.45, 7) is 17.3. The lowest BCUT2D eigenvalue weighted by Crippen LogP contribution is -2.21. The van der Waals surface area contributed by atoms with Gasteiger partial charge in [0.25, 0.3) is 5.56 Å². The molecule has 0 saturated heterocycles. The van der Waals surface area contributed by atoms with Crippen molar-refractivity contribution in [2.24, 2.45) is 5.10 Å². The van der Waals surface area contributed by atoms with E-state index in [9.17, 15) is 4.79 Å². The highest BCUT2D eigenvalue weighted by Crippen LogP contribution is 2.34. The van der Waals surface area contributed by atoms with Crippen LogP contribution in [0.15, 0.2) is 70.6 Å². The van der Waals surface area contributed by atoms with Crippen LogP contribution < -0.4 is 10.3 Å². The highest BCUT2D eigenvalue weighted by atomic mass is 16.5. The van der Waals surface area contributed by atoms with Gasteiger partial charge in [-0.15, -0.1) is 0 Å². The van der Waals surface area contributed by atoms with Crippen molar-refractivity contribution in [3.63, 3.8) is 0 Å². The van der Waals surface area contributed by atoms with E-state index in [1.54, 1.807) is 12.3 Å². The molecule has 0 bridgehead atoms. The Morgan fingerprint density at radius 1 is 0.951 bits per heavy atom. The monoisotopic (exact) mass is 546 g/mol. The van der Waals surface area contributed by atoms with Crippen LogP contribution in [-0.4, -0.2) is 27.0 Å². The van der Waals surface area contributed by atoms with E-state index >= 15 is 0 Å². The Labute approximate surface area is 242 Å². The molecule has 0 atom stereocenters. The molecule has 0 aliphatic rings. The van der Waals surface area contributed by atoms with E-state index in [2.05, 4.69) is 76.4 Å². The van der Waals surface area contributed by atoms with Crippen LogP contribution >= 0.6 is 0 Å². The van der Waals surface area contributed by atoms with Crippen LogP contribution in [0.1, 0.15) is 65.9 Å². The number of para-hydroxylation sites is 1. The molecule has 0 unspecified atom stereocenters. The van der Waals surface area contributed by atoms with Crippen molar-refractivity contribution < 1.29 is 4.74 Å². The SMILES string of the molecule is CCOc1cc(C)c(-c2nc3ccccc3c(=O)n2N=Cc2cc(C)n(-c3cccc(C)c3C)c2C)cc1C(C)C. The summed E-state index contributed by atoms with van der Waals surface area (Å²) in [6, 6.07) is 20.0. The van der Waals surface area contributed by atoms with Crippen LogP contribution in [0.25, 0.3) is 28.0 Å². The third-order valence-corrected chi connectivity index (χ3v) is 7.87. The van der Waals surface area contributed by atoms with Crippen molar-refractivity contribution in [1.29, 1.82) is 0 Å². The van der Waals surface area contributed by atoms with Gasteiger partial charge in [0, 0.05) is 28.2 Å². The lowest BCUT2D eigenvalue weighted by molar-refractivity contribution is 0.335. The average molecular weight is 547 g/mol. The maximum atomic E-state index is 13.9. The number of rotatable bonds is 7. The van der Waals surface area contributed by atoms with Crippen LogP contribution in [0.3, 0.4) is 0 Å². The maximum Gasteiger partial charge on any atom is 0.282 e. The summed E-state index contributed by atoms with van der Waals surface area (Å²) in [7, 11) is 0. The van der Waals surface area contributed by atoms with Gasteiger partial charge in [-0.2, -0.15) is 9.78 Å². The molecule has 210 valence electrons. The standard InChI is InChI=1S/C35H38N4O2/c1-9-41-33-17-23(5)30(19-29(33)21(2)3)34-37-31-15-11-10-14-28(31)35(40)39(34)36-20-27-18-24(6)38(26(27)8)32-16-12-13-22(4)25(32)7/h10-21H,9H2,1-8H3. The van der Waals surface area contributed by atoms with Crippen molar-refractivity contribution >= 4 is 17.1 Å². The minimum absolute atomic E-state index is 0.204. The first-order chi connectivity index (χ1) is 19.6. The first-order valence-corrected chi connectivity index (χ1v) is 14.2. The second-order valence-corrected chi connectivity index (χ2v) is 11.0. The number of hydrogen-bond donors (Lipinski definition) is 0. The molecule has 0 spiro atoms. The number of nitrogens with zero attached hydrogens (tertiary/aromatic N) is 4. The molecule has 41 heavy (non-hydrogen) atoms. The number of hydrogen-bond acceptors (Lipinski definition) is 4. The first kappa shape index (κ1) is 28.1. The van der Waals surface area contributed by atoms with Gasteiger partial charge in [0.15, 0.2) is 5.82 Å². The Kier molecular flexibility index (Phi) is 7.68. The van der Waals surface area contributed by atoms with Crippen LogP contribution in [0.5, 0.6) is 5.75 Å². The Balaban J connectivity index is 1.71. The summed E-state index contributed by atoms with van der Waals surface area (Å²) in [4.78, 5) is 18.9. The molecule has 2 aromatic heterocycles. The molecule has 5 rings (SSSR count). The van der Waals surface area contributed by atoms with Crippen molar-refractivity contribution in [3.8, 4) is 22.8 Å². The number of aryl methyl sites for hydroxylation is 3. The zero-order chi connectivity index (χ0) is 29.4. The third kappa shape index (κ3) is 5.10. The van der Waals surface area contributed by atoms with Gasteiger partial charge in [0.1, 0.15) is 5.75 Å². The predicted molar refractivity (Wildman–Crippen MR) is 169 cm³/mol.